The number of carbonyl (C=O) groups is 3. The van der Waals surface area contributed by atoms with Crippen LogP contribution in [0.25, 0.3) is 0 Å². The van der Waals surface area contributed by atoms with Crippen LogP contribution in [0, 0.1) is 5.92 Å². The van der Waals surface area contributed by atoms with Gasteiger partial charge in [0.2, 0.25) is 11.8 Å². The first-order chi connectivity index (χ1) is 14.9. The van der Waals surface area contributed by atoms with E-state index in [1.165, 1.54) is 5.56 Å². The van der Waals surface area contributed by atoms with Crippen molar-refractivity contribution in [1.82, 2.24) is 15.1 Å². The van der Waals surface area contributed by atoms with Crippen LogP contribution in [-0.4, -0.2) is 65.9 Å². The minimum atomic E-state index is -0.326. The van der Waals surface area contributed by atoms with Crippen molar-refractivity contribution in [3.63, 3.8) is 0 Å². The molecule has 2 saturated heterocycles. The third-order valence-corrected chi connectivity index (χ3v) is 6.92. The zero-order chi connectivity index (χ0) is 22.1. The second-order valence-electron chi connectivity index (χ2n) is 9.03. The lowest BCUT2D eigenvalue weighted by atomic mass is 9.90. The Labute approximate surface area is 183 Å². The lowest BCUT2D eigenvalue weighted by Crippen LogP contribution is -2.59. The molecule has 3 heterocycles. The standard InChI is InChI=1S/C23H33N5O3/c1-3-21(29)28-15(2)12-19(18-6-4-5-7-20(18)28)25-17-8-10-26(11-9-17)23(31)27-13-16(14-27)22(24)30/h4-7,15-17,19,25H,3,8-14H2,1-2H3,(H2,24,30)/t15-,19+/m0/s1. The van der Waals surface area contributed by atoms with Gasteiger partial charge in [-0.25, -0.2) is 4.79 Å². The molecule has 3 aliphatic rings. The highest BCUT2D eigenvalue weighted by Crippen LogP contribution is 2.38. The predicted octanol–water partition coefficient (Wildman–Crippen LogP) is 1.85. The molecule has 8 heteroatoms. The van der Waals surface area contributed by atoms with Crippen molar-refractivity contribution in [3.8, 4) is 0 Å². The fraction of sp³-hybridized carbons (Fsp3) is 0.609. The van der Waals surface area contributed by atoms with Crippen molar-refractivity contribution < 1.29 is 14.4 Å². The predicted molar refractivity (Wildman–Crippen MR) is 118 cm³/mol. The van der Waals surface area contributed by atoms with Crippen molar-refractivity contribution in [3.05, 3.63) is 29.8 Å². The quantitative estimate of drug-likeness (QED) is 0.766. The summed E-state index contributed by atoms with van der Waals surface area (Å²) in [6.45, 7) is 6.32. The molecule has 0 aliphatic carbocycles. The van der Waals surface area contributed by atoms with Crippen molar-refractivity contribution in [2.75, 3.05) is 31.1 Å². The Morgan fingerprint density at radius 3 is 2.42 bits per heavy atom. The number of piperidine rings is 1. The van der Waals surface area contributed by atoms with E-state index in [2.05, 4.69) is 18.3 Å². The summed E-state index contributed by atoms with van der Waals surface area (Å²) < 4.78 is 0. The Hall–Kier alpha value is -2.61. The smallest absolute Gasteiger partial charge is 0.320 e. The minimum absolute atomic E-state index is 0.0151. The number of hydrogen-bond acceptors (Lipinski definition) is 4. The summed E-state index contributed by atoms with van der Waals surface area (Å²) in [5.41, 5.74) is 7.50. The van der Waals surface area contributed by atoms with Gasteiger partial charge in [0.1, 0.15) is 0 Å². The summed E-state index contributed by atoms with van der Waals surface area (Å²) in [7, 11) is 0. The molecule has 0 bridgehead atoms. The summed E-state index contributed by atoms with van der Waals surface area (Å²) in [5.74, 6) is -0.362. The number of likely N-dealkylation sites (tertiary alicyclic amines) is 2. The van der Waals surface area contributed by atoms with Gasteiger partial charge >= 0.3 is 6.03 Å². The molecule has 0 spiro atoms. The molecule has 2 atom stereocenters. The molecular formula is C23H33N5O3. The summed E-state index contributed by atoms with van der Waals surface area (Å²) >= 11 is 0. The molecule has 8 nitrogen and oxygen atoms in total. The summed E-state index contributed by atoms with van der Waals surface area (Å²) in [6.07, 6.45) is 3.16. The van der Waals surface area contributed by atoms with Gasteiger partial charge in [-0.2, -0.15) is 0 Å². The van der Waals surface area contributed by atoms with Crippen LogP contribution < -0.4 is 16.0 Å². The van der Waals surface area contributed by atoms with Crippen LogP contribution in [0.3, 0.4) is 0 Å². The molecule has 3 aliphatic heterocycles. The van der Waals surface area contributed by atoms with E-state index in [4.69, 9.17) is 5.73 Å². The molecule has 0 radical (unpaired) electrons. The Morgan fingerprint density at radius 2 is 1.77 bits per heavy atom. The molecule has 0 unspecified atom stereocenters. The molecule has 4 amide bonds. The van der Waals surface area contributed by atoms with Gasteiger partial charge < -0.3 is 25.8 Å². The van der Waals surface area contributed by atoms with Crippen molar-refractivity contribution in [2.24, 2.45) is 11.7 Å². The number of nitrogens with one attached hydrogen (secondary N) is 1. The molecular weight excluding hydrogens is 394 g/mol. The zero-order valence-corrected chi connectivity index (χ0v) is 18.4. The fourth-order valence-electron chi connectivity index (χ4n) is 5.06. The van der Waals surface area contributed by atoms with Gasteiger partial charge in [0.15, 0.2) is 0 Å². The Bertz CT molecular complexity index is 845. The van der Waals surface area contributed by atoms with Crippen LogP contribution in [0.5, 0.6) is 0 Å². The van der Waals surface area contributed by atoms with Gasteiger partial charge in [0.05, 0.1) is 5.92 Å². The van der Waals surface area contributed by atoms with E-state index >= 15 is 0 Å². The second-order valence-corrected chi connectivity index (χ2v) is 9.03. The summed E-state index contributed by atoms with van der Waals surface area (Å²) in [5, 5.41) is 3.81. The number of carbonyl (C=O) groups excluding carboxylic acids is 3. The van der Waals surface area contributed by atoms with Gasteiger partial charge in [0.25, 0.3) is 0 Å². The zero-order valence-electron chi connectivity index (χ0n) is 18.4. The first kappa shape index (κ1) is 21.6. The monoisotopic (exact) mass is 427 g/mol. The van der Waals surface area contributed by atoms with Crippen molar-refractivity contribution in [2.45, 2.75) is 57.7 Å². The number of amides is 4. The number of benzene rings is 1. The van der Waals surface area contributed by atoms with Gasteiger partial charge in [-0.05, 0) is 37.8 Å². The van der Waals surface area contributed by atoms with Crippen molar-refractivity contribution in [1.29, 1.82) is 0 Å². The number of hydrogen-bond donors (Lipinski definition) is 2. The number of primary amides is 1. The molecule has 31 heavy (non-hydrogen) atoms. The molecule has 1 aromatic rings. The lowest BCUT2D eigenvalue weighted by molar-refractivity contribution is -0.125. The molecule has 4 rings (SSSR count). The fourth-order valence-corrected chi connectivity index (χ4v) is 5.06. The number of rotatable bonds is 4. The van der Waals surface area contributed by atoms with Gasteiger partial charge in [-0.15, -0.1) is 0 Å². The highest BCUT2D eigenvalue weighted by atomic mass is 16.2. The third kappa shape index (κ3) is 4.26. The molecule has 0 aromatic heterocycles. The number of nitrogens with zero attached hydrogens (tertiary/aromatic N) is 3. The van der Waals surface area contributed by atoms with E-state index in [-0.39, 0.29) is 35.8 Å². The molecule has 0 saturated carbocycles. The molecule has 168 valence electrons. The van der Waals surface area contributed by atoms with Crippen LogP contribution in [0.4, 0.5) is 10.5 Å². The van der Waals surface area contributed by atoms with Gasteiger partial charge in [0, 0.05) is 56.4 Å². The maximum Gasteiger partial charge on any atom is 0.320 e. The topological polar surface area (TPSA) is 99.0 Å². The number of urea groups is 1. The van der Waals surface area contributed by atoms with E-state index in [1.807, 2.05) is 34.9 Å². The normalized spacial score (nSPS) is 24.5. The van der Waals surface area contributed by atoms with E-state index in [0.717, 1.165) is 24.9 Å². The molecule has 2 fully saturated rings. The Balaban J connectivity index is 1.35. The average molecular weight is 428 g/mol. The summed E-state index contributed by atoms with van der Waals surface area (Å²) in [6, 6.07) is 8.88. The highest BCUT2D eigenvalue weighted by Gasteiger charge is 2.38. The summed E-state index contributed by atoms with van der Waals surface area (Å²) in [4.78, 5) is 41.9. The third-order valence-electron chi connectivity index (χ3n) is 6.92. The minimum Gasteiger partial charge on any atom is -0.369 e. The Morgan fingerprint density at radius 1 is 1.10 bits per heavy atom. The van der Waals surface area contributed by atoms with E-state index in [0.29, 0.717) is 38.6 Å². The van der Waals surface area contributed by atoms with Gasteiger partial charge in [-0.3, -0.25) is 9.59 Å². The maximum atomic E-state index is 12.6. The Kier molecular flexibility index (Phi) is 6.18. The SMILES string of the molecule is CCC(=O)N1c2ccccc2[C@H](NC2CCN(C(=O)N3CC(C(N)=O)C3)CC2)C[C@@H]1C. The number of anilines is 1. The van der Waals surface area contributed by atoms with Crippen LogP contribution in [-0.2, 0) is 9.59 Å². The highest BCUT2D eigenvalue weighted by molar-refractivity contribution is 5.95. The molecule has 1 aromatic carbocycles. The maximum absolute atomic E-state index is 12.6. The number of para-hydroxylation sites is 1. The van der Waals surface area contributed by atoms with Crippen molar-refractivity contribution >= 4 is 23.5 Å². The van der Waals surface area contributed by atoms with E-state index < -0.39 is 0 Å². The van der Waals surface area contributed by atoms with Crippen LogP contribution in [0.15, 0.2) is 24.3 Å². The lowest BCUT2D eigenvalue weighted by Gasteiger charge is -2.44. The number of nitrogens with two attached hydrogens (primary N) is 1. The average Bonchev–Trinajstić information content (AvgIpc) is 2.72. The first-order valence-corrected chi connectivity index (χ1v) is 11.4. The van der Waals surface area contributed by atoms with Crippen LogP contribution in [0.2, 0.25) is 0 Å². The van der Waals surface area contributed by atoms with Crippen LogP contribution >= 0.6 is 0 Å². The first-order valence-electron chi connectivity index (χ1n) is 11.4. The second kappa shape index (κ2) is 8.86. The van der Waals surface area contributed by atoms with E-state index in [9.17, 15) is 14.4 Å². The van der Waals surface area contributed by atoms with E-state index in [1.54, 1.807) is 4.90 Å². The number of fused-ring (bicyclic) bond motifs is 1. The van der Waals surface area contributed by atoms with Crippen LogP contribution in [0.1, 0.15) is 51.1 Å². The largest absolute Gasteiger partial charge is 0.369 e. The molecule has 3 N–H and O–H groups in total. The van der Waals surface area contributed by atoms with Gasteiger partial charge in [-0.1, -0.05) is 25.1 Å².